The molecule has 3 aliphatic heterocycles. The fourth-order valence-corrected chi connectivity index (χ4v) is 5.44. The van der Waals surface area contributed by atoms with Crippen molar-refractivity contribution in [2.75, 3.05) is 23.3 Å². The van der Waals surface area contributed by atoms with E-state index >= 15 is 0 Å². The van der Waals surface area contributed by atoms with E-state index < -0.39 is 0 Å². The number of amides is 1. The summed E-state index contributed by atoms with van der Waals surface area (Å²) in [6, 6.07) is 8.09. The monoisotopic (exact) mass is 458 g/mol. The number of nitrogens with one attached hydrogen (secondary N) is 2. The molecule has 0 atom stereocenters. The number of aryl methyl sites for hydroxylation is 1. The molecule has 8 nitrogen and oxygen atoms in total. The first-order valence-electron chi connectivity index (χ1n) is 12.3. The van der Waals surface area contributed by atoms with E-state index in [1.54, 1.807) is 0 Å². The van der Waals surface area contributed by atoms with Gasteiger partial charge < -0.3 is 20.6 Å². The van der Waals surface area contributed by atoms with Crippen molar-refractivity contribution in [1.82, 2.24) is 20.1 Å². The van der Waals surface area contributed by atoms with Crippen molar-refractivity contribution >= 4 is 23.1 Å². The maximum atomic E-state index is 12.8. The van der Waals surface area contributed by atoms with Crippen LogP contribution in [0.2, 0.25) is 0 Å². The molecule has 34 heavy (non-hydrogen) atoms. The van der Waals surface area contributed by atoms with Gasteiger partial charge in [0.15, 0.2) is 0 Å². The predicted octanol–water partition coefficient (Wildman–Crippen LogP) is 3.62. The average Bonchev–Trinajstić information content (AvgIpc) is 3.36. The molecule has 3 N–H and O–H groups in total. The molecule has 1 aromatic carbocycles. The second-order valence-corrected chi connectivity index (χ2v) is 9.48. The minimum atomic E-state index is -0.195. The van der Waals surface area contributed by atoms with Gasteiger partial charge in [0.05, 0.1) is 35.4 Å². The lowest BCUT2D eigenvalue weighted by Crippen LogP contribution is -2.35. The minimum absolute atomic E-state index is 0.0545. The number of aliphatic hydroxyl groups excluding tert-OH is 1. The third-order valence-electron chi connectivity index (χ3n) is 7.33. The minimum Gasteiger partial charge on any atom is -0.393 e. The van der Waals surface area contributed by atoms with Crippen molar-refractivity contribution in [2.45, 2.75) is 57.7 Å². The zero-order valence-electron chi connectivity index (χ0n) is 19.3. The molecule has 176 valence electrons. The fourth-order valence-electron chi connectivity index (χ4n) is 5.44. The SMILES string of the molecule is O=C1NCc2c(-c3cnn4c3CCCCC4)ccc(Nc3ccc(N4CCC(O)CC4)cn3)c21. The van der Waals surface area contributed by atoms with Gasteiger partial charge in [-0.15, -0.1) is 0 Å². The highest BCUT2D eigenvalue weighted by Gasteiger charge is 2.28. The van der Waals surface area contributed by atoms with Gasteiger partial charge in [-0.25, -0.2) is 4.98 Å². The van der Waals surface area contributed by atoms with Crippen molar-refractivity contribution in [2.24, 2.45) is 0 Å². The van der Waals surface area contributed by atoms with Gasteiger partial charge in [0.25, 0.3) is 5.91 Å². The maximum absolute atomic E-state index is 12.8. The first kappa shape index (κ1) is 21.2. The molecule has 0 spiro atoms. The van der Waals surface area contributed by atoms with Crippen molar-refractivity contribution in [1.29, 1.82) is 0 Å². The van der Waals surface area contributed by atoms with E-state index in [4.69, 9.17) is 0 Å². The van der Waals surface area contributed by atoms with Crippen molar-refractivity contribution < 1.29 is 9.90 Å². The quantitative estimate of drug-likeness (QED) is 0.553. The molecule has 5 heterocycles. The number of carbonyl (C=O) groups excluding carboxylic acids is 1. The summed E-state index contributed by atoms with van der Waals surface area (Å²) < 4.78 is 2.14. The zero-order valence-corrected chi connectivity index (χ0v) is 19.3. The van der Waals surface area contributed by atoms with E-state index in [1.807, 2.05) is 30.6 Å². The predicted molar refractivity (Wildman–Crippen MR) is 131 cm³/mol. The lowest BCUT2D eigenvalue weighted by atomic mass is 9.94. The Morgan fingerprint density at radius 3 is 2.71 bits per heavy atom. The van der Waals surface area contributed by atoms with E-state index in [0.717, 1.165) is 67.0 Å². The second kappa shape index (κ2) is 8.76. The van der Waals surface area contributed by atoms with Gasteiger partial charge in [-0.1, -0.05) is 12.5 Å². The number of hydrogen-bond acceptors (Lipinski definition) is 6. The second-order valence-electron chi connectivity index (χ2n) is 9.48. The highest BCUT2D eigenvalue weighted by atomic mass is 16.3. The van der Waals surface area contributed by atoms with Gasteiger partial charge in [-0.2, -0.15) is 5.10 Å². The van der Waals surface area contributed by atoms with Crippen molar-refractivity contribution in [3.63, 3.8) is 0 Å². The molecule has 3 aromatic rings. The lowest BCUT2D eigenvalue weighted by molar-refractivity contribution is 0.0966. The summed E-state index contributed by atoms with van der Waals surface area (Å²) in [5, 5.41) is 20.8. The number of carbonyl (C=O) groups is 1. The zero-order chi connectivity index (χ0) is 23.1. The van der Waals surface area contributed by atoms with Crippen LogP contribution in [0.3, 0.4) is 0 Å². The van der Waals surface area contributed by atoms with Crippen LogP contribution in [0.25, 0.3) is 11.1 Å². The number of aliphatic hydroxyl groups is 1. The summed E-state index contributed by atoms with van der Waals surface area (Å²) in [7, 11) is 0. The van der Waals surface area contributed by atoms with Crippen LogP contribution < -0.4 is 15.5 Å². The van der Waals surface area contributed by atoms with Crippen LogP contribution in [0.15, 0.2) is 36.7 Å². The highest BCUT2D eigenvalue weighted by molar-refractivity contribution is 6.06. The number of hydrogen-bond donors (Lipinski definition) is 3. The molecule has 6 rings (SSSR count). The number of rotatable bonds is 4. The number of fused-ring (bicyclic) bond motifs is 2. The van der Waals surface area contributed by atoms with E-state index in [2.05, 4.69) is 36.4 Å². The molecule has 1 fully saturated rings. The Labute approximate surface area is 199 Å². The van der Waals surface area contributed by atoms with Crippen molar-refractivity contribution in [3.05, 3.63) is 53.5 Å². The first-order valence-corrected chi connectivity index (χ1v) is 12.3. The Morgan fingerprint density at radius 2 is 1.88 bits per heavy atom. The number of pyridine rings is 1. The molecule has 0 saturated carbocycles. The van der Waals surface area contributed by atoms with E-state index in [1.165, 1.54) is 25.0 Å². The number of aromatic nitrogens is 3. The number of anilines is 3. The number of nitrogens with zero attached hydrogens (tertiary/aromatic N) is 4. The fraction of sp³-hybridized carbons (Fsp3) is 0.423. The van der Waals surface area contributed by atoms with Crippen molar-refractivity contribution in [3.8, 4) is 11.1 Å². The normalized spacial score (nSPS) is 18.3. The average molecular weight is 459 g/mol. The van der Waals surface area contributed by atoms with E-state index in [-0.39, 0.29) is 12.0 Å². The van der Waals surface area contributed by atoms with Crippen LogP contribution in [0.1, 0.15) is 53.7 Å². The van der Waals surface area contributed by atoms with E-state index in [0.29, 0.717) is 17.9 Å². The molecule has 8 heteroatoms. The Hall–Kier alpha value is -3.39. The molecule has 0 radical (unpaired) electrons. The van der Waals surface area contributed by atoms with Crippen LogP contribution in [0.5, 0.6) is 0 Å². The first-order chi connectivity index (χ1) is 16.7. The molecule has 3 aliphatic rings. The Bertz CT molecular complexity index is 1210. The number of piperidine rings is 1. The summed E-state index contributed by atoms with van der Waals surface area (Å²) in [4.78, 5) is 19.7. The van der Waals surface area contributed by atoms with Crippen LogP contribution in [0.4, 0.5) is 17.2 Å². The summed E-state index contributed by atoms with van der Waals surface area (Å²) >= 11 is 0. The van der Waals surface area contributed by atoms with Crippen LogP contribution in [0, 0.1) is 0 Å². The molecule has 0 aliphatic carbocycles. The molecular weight excluding hydrogens is 428 g/mol. The molecular formula is C26H30N6O2. The molecule has 1 amide bonds. The summed E-state index contributed by atoms with van der Waals surface area (Å²) in [6.07, 6.45) is 9.80. The lowest BCUT2D eigenvalue weighted by Gasteiger charge is -2.31. The van der Waals surface area contributed by atoms with Crippen LogP contribution in [-0.4, -0.2) is 45.0 Å². The van der Waals surface area contributed by atoms with Gasteiger partial charge in [0, 0.05) is 37.4 Å². The Balaban J connectivity index is 1.28. The highest BCUT2D eigenvalue weighted by Crippen LogP contribution is 2.37. The van der Waals surface area contributed by atoms with Crippen LogP contribution in [-0.2, 0) is 19.5 Å². The topological polar surface area (TPSA) is 95.3 Å². The molecule has 0 bridgehead atoms. The molecule has 2 aromatic heterocycles. The Morgan fingerprint density at radius 1 is 1.00 bits per heavy atom. The molecule has 0 unspecified atom stereocenters. The standard InChI is InChI=1S/C26H30N6O2/c33-18-9-12-31(13-10-18)17-5-8-24(27-14-17)30-22-7-6-19(21-15-28-26(34)25(21)22)20-16-29-32-11-3-1-2-4-23(20)32/h5-8,14,16,18,33H,1-4,9-13,15H2,(H,27,30)(H,28,34). The van der Waals surface area contributed by atoms with Gasteiger partial charge >= 0.3 is 0 Å². The smallest absolute Gasteiger partial charge is 0.254 e. The van der Waals surface area contributed by atoms with Gasteiger partial charge in [0.1, 0.15) is 5.82 Å². The third-order valence-corrected chi connectivity index (χ3v) is 7.33. The maximum Gasteiger partial charge on any atom is 0.254 e. The summed E-state index contributed by atoms with van der Waals surface area (Å²) in [5.41, 5.74) is 7.07. The summed E-state index contributed by atoms with van der Waals surface area (Å²) in [5.74, 6) is 0.649. The summed E-state index contributed by atoms with van der Waals surface area (Å²) in [6.45, 7) is 3.16. The number of benzene rings is 1. The van der Waals surface area contributed by atoms with Gasteiger partial charge in [-0.3, -0.25) is 9.48 Å². The third kappa shape index (κ3) is 3.81. The molecule has 1 saturated heterocycles. The van der Waals surface area contributed by atoms with Gasteiger partial charge in [-0.05, 0) is 61.4 Å². The Kier molecular flexibility index (Phi) is 5.45. The van der Waals surface area contributed by atoms with Gasteiger partial charge in [0.2, 0.25) is 0 Å². The van der Waals surface area contributed by atoms with Crippen LogP contribution >= 0.6 is 0 Å². The largest absolute Gasteiger partial charge is 0.393 e. The van der Waals surface area contributed by atoms with E-state index in [9.17, 15) is 9.90 Å².